The summed E-state index contributed by atoms with van der Waals surface area (Å²) in [5.74, 6) is 1.96. The fourth-order valence-electron chi connectivity index (χ4n) is 3.68. The summed E-state index contributed by atoms with van der Waals surface area (Å²) in [6.45, 7) is 3.24. The number of benzene rings is 2. The number of aromatic hydroxyl groups is 1. The van der Waals surface area contributed by atoms with Crippen LogP contribution in [0.3, 0.4) is 0 Å². The van der Waals surface area contributed by atoms with Crippen molar-refractivity contribution in [2.24, 2.45) is 0 Å². The fourth-order valence-corrected chi connectivity index (χ4v) is 3.68. The van der Waals surface area contributed by atoms with Crippen molar-refractivity contribution in [3.8, 4) is 22.9 Å². The minimum atomic E-state index is 0.0722. The molecule has 1 aromatic heterocycles. The van der Waals surface area contributed by atoms with Gasteiger partial charge in [-0.3, -0.25) is 0 Å². The summed E-state index contributed by atoms with van der Waals surface area (Å²) in [6, 6.07) is 13.9. The molecule has 1 saturated heterocycles. The molecule has 1 N–H and O–H groups in total. The first-order chi connectivity index (χ1) is 12.7. The van der Waals surface area contributed by atoms with E-state index in [9.17, 15) is 5.11 Å². The molecule has 5 nitrogen and oxygen atoms in total. The number of para-hydroxylation sites is 2. The van der Waals surface area contributed by atoms with Crippen LogP contribution in [0.2, 0.25) is 0 Å². The van der Waals surface area contributed by atoms with E-state index in [4.69, 9.17) is 14.7 Å². The largest absolute Gasteiger partial charge is 0.504 e. The molecular formula is C21H23N3O2. The Bertz CT molecular complexity index is 942. The minimum Gasteiger partial charge on any atom is -0.504 e. The molecule has 0 spiro atoms. The third kappa shape index (κ3) is 2.83. The second-order valence-corrected chi connectivity index (χ2v) is 6.78. The molecule has 1 atom stereocenters. The van der Waals surface area contributed by atoms with Gasteiger partial charge >= 0.3 is 0 Å². The number of phenolic OH excluding ortho intramolecular Hbond substituents is 1. The molecule has 1 fully saturated rings. The van der Waals surface area contributed by atoms with Gasteiger partial charge in [0.15, 0.2) is 17.3 Å². The first-order valence-corrected chi connectivity index (χ1v) is 9.09. The molecule has 1 aliphatic rings. The highest BCUT2D eigenvalue weighted by atomic mass is 16.5. The highest BCUT2D eigenvalue weighted by Gasteiger charge is 2.23. The van der Waals surface area contributed by atoms with Gasteiger partial charge in [0.2, 0.25) is 0 Å². The topological polar surface area (TPSA) is 58.5 Å². The standard InChI is InChI=1S/C21H23N3O2/c1-14-8-5-6-13-24(14)21-15-9-3-4-11-17(15)22-20(23-21)16-10-7-12-18(26-2)19(16)25/h3-4,7,9-12,14,25H,5-6,8,13H2,1-2H3. The van der Waals surface area contributed by atoms with Gasteiger partial charge in [-0.25, -0.2) is 9.97 Å². The number of piperidine rings is 1. The van der Waals surface area contributed by atoms with Crippen LogP contribution in [0.1, 0.15) is 26.2 Å². The summed E-state index contributed by atoms with van der Waals surface area (Å²) in [7, 11) is 1.54. The maximum absolute atomic E-state index is 10.5. The average molecular weight is 349 g/mol. The summed E-state index contributed by atoms with van der Waals surface area (Å²) in [5.41, 5.74) is 1.47. The zero-order chi connectivity index (χ0) is 18.1. The lowest BCUT2D eigenvalue weighted by molar-refractivity contribution is 0.374. The Hall–Kier alpha value is -2.82. The average Bonchev–Trinajstić information content (AvgIpc) is 2.68. The second-order valence-electron chi connectivity index (χ2n) is 6.78. The van der Waals surface area contributed by atoms with E-state index in [0.717, 1.165) is 29.7 Å². The Morgan fingerprint density at radius 3 is 2.73 bits per heavy atom. The van der Waals surface area contributed by atoms with E-state index >= 15 is 0 Å². The Kier molecular flexibility index (Phi) is 4.37. The van der Waals surface area contributed by atoms with Crippen LogP contribution in [-0.4, -0.2) is 34.8 Å². The molecule has 2 aromatic carbocycles. The number of methoxy groups -OCH3 is 1. The molecule has 1 unspecified atom stereocenters. The summed E-state index contributed by atoms with van der Waals surface area (Å²) >= 11 is 0. The molecular weight excluding hydrogens is 326 g/mol. The van der Waals surface area contributed by atoms with Crippen molar-refractivity contribution in [2.75, 3.05) is 18.6 Å². The number of anilines is 1. The monoisotopic (exact) mass is 349 g/mol. The zero-order valence-electron chi connectivity index (χ0n) is 15.1. The van der Waals surface area contributed by atoms with E-state index in [2.05, 4.69) is 17.9 Å². The van der Waals surface area contributed by atoms with Gasteiger partial charge in [0.05, 0.1) is 18.2 Å². The van der Waals surface area contributed by atoms with Crippen LogP contribution in [0.5, 0.6) is 11.5 Å². The number of fused-ring (bicyclic) bond motifs is 1. The highest BCUT2D eigenvalue weighted by molar-refractivity contribution is 5.91. The van der Waals surface area contributed by atoms with Crippen LogP contribution < -0.4 is 9.64 Å². The lowest BCUT2D eigenvalue weighted by Crippen LogP contribution is -2.38. The van der Waals surface area contributed by atoms with Crippen molar-refractivity contribution in [1.82, 2.24) is 9.97 Å². The van der Waals surface area contributed by atoms with Crippen molar-refractivity contribution in [3.05, 3.63) is 42.5 Å². The molecule has 134 valence electrons. The van der Waals surface area contributed by atoms with Gasteiger partial charge in [0.25, 0.3) is 0 Å². The minimum absolute atomic E-state index is 0.0722. The summed E-state index contributed by atoms with van der Waals surface area (Å²) in [5, 5.41) is 11.6. The van der Waals surface area contributed by atoms with Crippen molar-refractivity contribution in [2.45, 2.75) is 32.2 Å². The molecule has 26 heavy (non-hydrogen) atoms. The van der Waals surface area contributed by atoms with Crippen molar-refractivity contribution in [3.63, 3.8) is 0 Å². The molecule has 0 aliphatic carbocycles. The molecule has 2 heterocycles. The first-order valence-electron chi connectivity index (χ1n) is 9.09. The van der Waals surface area contributed by atoms with Gasteiger partial charge in [0.1, 0.15) is 5.82 Å². The van der Waals surface area contributed by atoms with E-state index in [1.54, 1.807) is 13.2 Å². The fraction of sp³-hybridized carbons (Fsp3) is 0.333. The van der Waals surface area contributed by atoms with Gasteiger partial charge in [-0.15, -0.1) is 0 Å². The van der Waals surface area contributed by atoms with E-state index in [0.29, 0.717) is 23.2 Å². The van der Waals surface area contributed by atoms with Crippen LogP contribution in [0.4, 0.5) is 5.82 Å². The number of nitrogens with zero attached hydrogens (tertiary/aromatic N) is 3. The SMILES string of the molecule is COc1cccc(-c2nc(N3CCCCC3C)c3ccccc3n2)c1O. The van der Waals surface area contributed by atoms with Crippen LogP contribution in [0.25, 0.3) is 22.3 Å². The first kappa shape index (κ1) is 16.6. The lowest BCUT2D eigenvalue weighted by Gasteiger charge is -2.35. The van der Waals surface area contributed by atoms with E-state index in [-0.39, 0.29) is 5.75 Å². The van der Waals surface area contributed by atoms with Gasteiger partial charge in [-0.2, -0.15) is 0 Å². The number of hydrogen-bond acceptors (Lipinski definition) is 5. The maximum atomic E-state index is 10.5. The normalized spacial score (nSPS) is 17.5. The van der Waals surface area contributed by atoms with Crippen LogP contribution >= 0.6 is 0 Å². The van der Waals surface area contributed by atoms with Crippen molar-refractivity contribution >= 4 is 16.7 Å². The number of phenols is 1. The Morgan fingerprint density at radius 2 is 1.92 bits per heavy atom. The predicted octanol–water partition coefficient (Wildman–Crippen LogP) is 4.39. The van der Waals surface area contributed by atoms with Crippen LogP contribution in [0, 0.1) is 0 Å². The zero-order valence-corrected chi connectivity index (χ0v) is 15.1. The van der Waals surface area contributed by atoms with E-state index in [1.165, 1.54) is 12.8 Å². The molecule has 1 aliphatic heterocycles. The number of aromatic nitrogens is 2. The molecule has 0 amide bonds. The second kappa shape index (κ2) is 6.83. The predicted molar refractivity (Wildman–Crippen MR) is 104 cm³/mol. The third-order valence-electron chi connectivity index (χ3n) is 5.12. The number of rotatable bonds is 3. The Morgan fingerprint density at radius 1 is 1.08 bits per heavy atom. The van der Waals surface area contributed by atoms with Crippen molar-refractivity contribution < 1.29 is 9.84 Å². The maximum Gasteiger partial charge on any atom is 0.168 e. The molecule has 4 rings (SSSR count). The molecule has 3 aromatic rings. The summed E-state index contributed by atoms with van der Waals surface area (Å²) in [6.07, 6.45) is 3.59. The molecule has 0 radical (unpaired) electrons. The van der Waals surface area contributed by atoms with E-state index < -0.39 is 0 Å². The molecule has 0 bridgehead atoms. The Labute approximate surface area is 153 Å². The summed E-state index contributed by atoms with van der Waals surface area (Å²) in [4.78, 5) is 12.0. The quantitative estimate of drug-likeness (QED) is 0.760. The van der Waals surface area contributed by atoms with Crippen molar-refractivity contribution in [1.29, 1.82) is 0 Å². The number of hydrogen-bond donors (Lipinski definition) is 1. The number of ether oxygens (including phenoxy) is 1. The van der Waals surface area contributed by atoms with Gasteiger partial charge < -0.3 is 14.7 Å². The molecule has 0 saturated carbocycles. The van der Waals surface area contributed by atoms with Gasteiger partial charge in [-0.05, 0) is 50.5 Å². The smallest absolute Gasteiger partial charge is 0.168 e. The third-order valence-corrected chi connectivity index (χ3v) is 5.12. The van der Waals surface area contributed by atoms with E-state index in [1.807, 2.05) is 30.3 Å². The summed E-state index contributed by atoms with van der Waals surface area (Å²) < 4.78 is 5.24. The highest BCUT2D eigenvalue weighted by Crippen LogP contribution is 2.38. The van der Waals surface area contributed by atoms with Crippen LogP contribution in [0.15, 0.2) is 42.5 Å². The Balaban J connectivity index is 1.92. The molecule has 5 heteroatoms. The lowest BCUT2D eigenvalue weighted by atomic mass is 10.0. The van der Waals surface area contributed by atoms with Crippen LogP contribution in [-0.2, 0) is 0 Å². The van der Waals surface area contributed by atoms with Gasteiger partial charge in [-0.1, -0.05) is 18.2 Å². The van der Waals surface area contributed by atoms with Gasteiger partial charge in [0, 0.05) is 18.0 Å².